The van der Waals surface area contributed by atoms with E-state index in [0.717, 1.165) is 23.5 Å². The highest BCUT2D eigenvalue weighted by atomic mass is 32.2. The van der Waals surface area contributed by atoms with E-state index in [1.54, 1.807) is 25.6 Å². The molecule has 1 aromatic rings. The number of nitrogens with zero attached hydrogens (tertiary/aromatic N) is 1. The lowest BCUT2D eigenvalue weighted by Crippen LogP contribution is -2.48. The van der Waals surface area contributed by atoms with Gasteiger partial charge in [0.25, 0.3) is 0 Å². The average molecular weight is 315 g/mol. The van der Waals surface area contributed by atoms with Crippen LogP contribution in [0, 0.1) is 0 Å². The molecular formula is C14H21NO3S2. The molecule has 2 atom stereocenters. The van der Waals surface area contributed by atoms with E-state index in [1.807, 2.05) is 29.2 Å². The summed E-state index contributed by atoms with van der Waals surface area (Å²) >= 11 is 1.69. The Morgan fingerprint density at radius 2 is 2.05 bits per heavy atom. The summed E-state index contributed by atoms with van der Waals surface area (Å²) in [6.07, 6.45) is -0.504. The summed E-state index contributed by atoms with van der Waals surface area (Å²) in [5.41, 5.74) is 1.76. The standard InChI is InChI=1S/C14H21NO3S2/c1-3-20(17,18)14-10-19-9-8-15(14)13-6-4-12(5-7-13)11(2)16/h4-7,11,14,16H,3,8-10H2,1-2H3. The molecule has 6 heteroatoms. The second-order valence-electron chi connectivity index (χ2n) is 4.94. The van der Waals surface area contributed by atoms with E-state index in [4.69, 9.17) is 0 Å². The van der Waals surface area contributed by atoms with Gasteiger partial charge in [-0.15, -0.1) is 0 Å². The van der Waals surface area contributed by atoms with Gasteiger partial charge < -0.3 is 10.0 Å². The fraction of sp³-hybridized carbons (Fsp3) is 0.571. The molecule has 1 heterocycles. The molecule has 0 radical (unpaired) electrons. The van der Waals surface area contributed by atoms with Gasteiger partial charge in [-0.3, -0.25) is 0 Å². The van der Waals surface area contributed by atoms with Gasteiger partial charge in [0.2, 0.25) is 0 Å². The molecule has 2 unspecified atom stereocenters. The molecule has 4 nitrogen and oxygen atoms in total. The number of anilines is 1. The molecule has 0 amide bonds. The molecule has 1 aliphatic heterocycles. The summed E-state index contributed by atoms with van der Waals surface area (Å²) in [7, 11) is -3.09. The van der Waals surface area contributed by atoms with Crippen molar-refractivity contribution < 1.29 is 13.5 Å². The number of thioether (sulfide) groups is 1. The Balaban J connectivity index is 2.28. The van der Waals surface area contributed by atoms with E-state index in [1.165, 1.54) is 0 Å². The van der Waals surface area contributed by atoms with Crippen LogP contribution >= 0.6 is 11.8 Å². The van der Waals surface area contributed by atoms with Gasteiger partial charge in [-0.25, -0.2) is 8.42 Å². The Morgan fingerprint density at radius 3 is 2.60 bits per heavy atom. The predicted molar refractivity (Wildman–Crippen MR) is 85.0 cm³/mol. The number of hydrogen-bond acceptors (Lipinski definition) is 5. The van der Waals surface area contributed by atoms with Crippen molar-refractivity contribution in [2.24, 2.45) is 0 Å². The molecule has 0 bridgehead atoms. The third kappa shape index (κ3) is 3.30. The van der Waals surface area contributed by atoms with Gasteiger partial charge in [-0.1, -0.05) is 19.1 Å². The number of aliphatic hydroxyl groups excluding tert-OH is 1. The van der Waals surface area contributed by atoms with Crippen LogP contribution in [0.3, 0.4) is 0 Å². The first kappa shape index (κ1) is 15.7. The van der Waals surface area contributed by atoms with Crippen molar-refractivity contribution in [3.63, 3.8) is 0 Å². The van der Waals surface area contributed by atoms with E-state index in [-0.39, 0.29) is 5.75 Å². The lowest BCUT2D eigenvalue weighted by atomic mass is 10.1. The van der Waals surface area contributed by atoms with Crippen molar-refractivity contribution in [2.45, 2.75) is 25.3 Å². The number of sulfone groups is 1. The first-order chi connectivity index (χ1) is 9.45. The molecule has 0 aromatic heterocycles. The monoisotopic (exact) mass is 315 g/mol. The quantitative estimate of drug-likeness (QED) is 0.921. The van der Waals surface area contributed by atoms with Crippen molar-refractivity contribution in [1.82, 2.24) is 0 Å². The summed E-state index contributed by atoms with van der Waals surface area (Å²) in [6.45, 7) is 4.16. The van der Waals surface area contributed by atoms with Crippen molar-refractivity contribution in [2.75, 3.05) is 28.7 Å². The molecule has 1 aromatic carbocycles. The van der Waals surface area contributed by atoms with Crippen molar-refractivity contribution in [3.8, 4) is 0 Å². The highest BCUT2D eigenvalue weighted by molar-refractivity contribution is 8.01. The third-order valence-corrected chi connectivity index (χ3v) is 6.90. The lowest BCUT2D eigenvalue weighted by molar-refractivity contribution is 0.199. The van der Waals surface area contributed by atoms with Gasteiger partial charge in [-0.2, -0.15) is 11.8 Å². The number of hydrogen-bond donors (Lipinski definition) is 1. The number of aliphatic hydroxyl groups is 1. The van der Waals surface area contributed by atoms with Crippen molar-refractivity contribution >= 4 is 27.3 Å². The molecule has 20 heavy (non-hydrogen) atoms. The van der Waals surface area contributed by atoms with Crippen LogP contribution in [0.4, 0.5) is 5.69 Å². The summed E-state index contributed by atoms with van der Waals surface area (Å²) in [5.74, 6) is 1.72. The van der Waals surface area contributed by atoms with Crippen LogP contribution in [0.1, 0.15) is 25.5 Å². The van der Waals surface area contributed by atoms with Gasteiger partial charge in [0.05, 0.1) is 6.10 Å². The molecule has 2 rings (SSSR count). The molecule has 112 valence electrons. The maximum atomic E-state index is 12.2. The van der Waals surface area contributed by atoms with Gasteiger partial charge in [0.15, 0.2) is 9.84 Å². The van der Waals surface area contributed by atoms with E-state index < -0.39 is 21.3 Å². The highest BCUT2D eigenvalue weighted by Crippen LogP contribution is 2.28. The largest absolute Gasteiger partial charge is 0.389 e. The Labute approximate surface area is 125 Å². The fourth-order valence-corrected chi connectivity index (χ4v) is 5.30. The van der Waals surface area contributed by atoms with Gasteiger partial charge in [0.1, 0.15) is 5.37 Å². The van der Waals surface area contributed by atoms with E-state index in [9.17, 15) is 13.5 Å². The summed E-state index contributed by atoms with van der Waals surface area (Å²) in [6, 6.07) is 7.52. The second kappa shape index (κ2) is 6.37. The molecular weight excluding hydrogens is 294 g/mol. The first-order valence-corrected chi connectivity index (χ1v) is 9.66. The highest BCUT2D eigenvalue weighted by Gasteiger charge is 2.32. The van der Waals surface area contributed by atoms with Crippen LogP contribution in [0.25, 0.3) is 0 Å². The zero-order chi connectivity index (χ0) is 14.8. The van der Waals surface area contributed by atoms with Crippen LogP contribution in [0.15, 0.2) is 24.3 Å². The maximum Gasteiger partial charge on any atom is 0.171 e. The Morgan fingerprint density at radius 1 is 1.40 bits per heavy atom. The number of rotatable bonds is 4. The van der Waals surface area contributed by atoms with Gasteiger partial charge >= 0.3 is 0 Å². The van der Waals surface area contributed by atoms with Crippen LogP contribution in [0.5, 0.6) is 0 Å². The molecule has 1 aliphatic rings. The van der Waals surface area contributed by atoms with Gasteiger partial charge in [-0.05, 0) is 24.6 Å². The van der Waals surface area contributed by atoms with E-state index in [0.29, 0.717) is 5.75 Å². The smallest absolute Gasteiger partial charge is 0.171 e. The minimum absolute atomic E-state index is 0.167. The minimum atomic E-state index is -3.09. The minimum Gasteiger partial charge on any atom is -0.389 e. The average Bonchev–Trinajstić information content (AvgIpc) is 2.47. The summed E-state index contributed by atoms with van der Waals surface area (Å²) < 4.78 is 24.4. The molecule has 1 N–H and O–H groups in total. The van der Waals surface area contributed by atoms with Crippen molar-refractivity contribution in [1.29, 1.82) is 0 Å². The Hall–Kier alpha value is -0.720. The maximum absolute atomic E-state index is 12.2. The second-order valence-corrected chi connectivity index (χ2v) is 8.54. The van der Waals surface area contributed by atoms with Crippen LogP contribution < -0.4 is 4.90 Å². The Kier molecular flexibility index (Phi) is 4.99. The number of benzene rings is 1. The molecule has 0 saturated carbocycles. The van der Waals surface area contributed by atoms with E-state index in [2.05, 4.69) is 0 Å². The molecule has 0 spiro atoms. The molecule has 1 fully saturated rings. The van der Waals surface area contributed by atoms with Crippen LogP contribution in [-0.2, 0) is 9.84 Å². The third-order valence-electron chi connectivity index (χ3n) is 3.61. The molecule has 1 saturated heterocycles. The van der Waals surface area contributed by atoms with Crippen LogP contribution in [-0.4, -0.2) is 42.7 Å². The lowest BCUT2D eigenvalue weighted by Gasteiger charge is -2.36. The Bertz CT molecular complexity index is 540. The van der Waals surface area contributed by atoms with Crippen LogP contribution in [0.2, 0.25) is 0 Å². The topological polar surface area (TPSA) is 57.6 Å². The molecule has 0 aliphatic carbocycles. The zero-order valence-electron chi connectivity index (χ0n) is 11.8. The predicted octanol–water partition coefficient (Wildman–Crippen LogP) is 2.05. The first-order valence-electron chi connectivity index (χ1n) is 6.79. The normalized spacial score (nSPS) is 21.8. The fourth-order valence-electron chi connectivity index (χ4n) is 2.31. The van der Waals surface area contributed by atoms with Gasteiger partial charge in [0, 0.05) is 29.5 Å². The van der Waals surface area contributed by atoms with Crippen molar-refractivity contribution in [3.05, 3.63) is 29.8 Å². The summed E-state index contributed by atoms with van der Waals surface area (Å²) in [4.78, 5) is 1.97. The van der Waals surface area contributed by atoms with E-state index >= 15 is 0 Å². The zero-order valence-corrected chi connectivity index (χ0v) is 13.5. The summed E-state index contributed by atoms with van der Waals surface area (Å²) in [5, 5.41) is 9.09. The SMILES string of the molecule is CCS(=O)(=O)C1CSCCN1c1ccc(C(C)O)cc1.